The van der Waals surface area contributed by atoms with Crippen LogP contribution in [0.15, 0.2) is 51.6 Å². The van der Waals surface area contributed by atoms with Crippen molar-refractivity contribution in [3.05, 3.63) is 58.5 Å². The molecule has 1 aliphatic rings. The van der Waals surface area contributed by atoms with Crippen molar-refractivity contribution in [2.24, 2.45) is 5.92 Å². The van der Waals surface area contributed by atoms with Gasteiger partial charge in [0.05, 0.1) is 12.8 Å². The third-order valence-corrected chi connectivity index (χ3v) is 4.80. The summed E-state index contributed by atoms with van der Waals surface area (Å²) in [5.74, 6) is 1.58. The molecule has 1 saturated heterocycles. The Morgan fingerprint density at radius 3 is 2.78 bits per heavy atom. The van der Waals surface area contributed by atoms with Crippen LogP contribution in [-0.2, 0) is 6.54 Å². The predicted molar refractivity (Wildman–Crippen MR) is 93.2 cm³/mol. The van der Waals surface area contributed by atoms with Crippen LogP contribution in [0.2, 0.25) is 0 Å². The molecule has 0 atom stereocenters. The average molecular weight is 377 g/mol. The number of nitrogens with one attached hydrogen (secondary N) is 1. The maximum Gasteiger partial charge on any atom is 0.251 e. The zero-order valence-electron chi connectivity index (χ0n) is 13.0. The number of amides is 1. The molecule has 2 aromatic rings. The maximum absolute atomic E-state index is 12.2. The third kappa shape index (κ3) is 4.69. The summed E-state index contributed by atoms with van der Waals surface area (Å²) >= 11 is 3.40. The van der Waals surface area contributed by atoms with Gasteiger partial charge < -0.3 is 9.73 Å². The summed E-state index contributed by atoms with van der Waals surface area (Å²) in [6.07, 6.45) is 3.94. The van der Waals surface area contributed by atoms with Crippen LogP contribution < -0.4 is 5.32 Å². The molecule has 0 bridgehead atoms. The Morgan fingerprint density at radius 1 is 1.26 bits per heavy atom. The second-order valence-electron chi connectivity index (χ2n) is 6.02. The first-order chi connectivity index (χ1) is 11.2. The van der Waals surface area contributed by atoms with Crippen LogP contribution in [0.3, 0.4) is 0 Å². The quantitative estimate of drug-likeness (QED) is 0.865. The molecule has 1 aliphatic heterocycles. The van der Waals surface area contributed by atoms with Gasteiger partial charge in [-0.05, 0) is 62.2 Å². The van der Waals surface area contributed by atoms with Crippen LogP contribution in [0, 0.1) is 5.92 Å². The highest BCUT2D eigenvalue weighted by atomic mass is 79.9. The van der Waals surface area contributed by atoms with Gasteiger partial charge in [0.25, 0.3) is 5.91 Å². The van der Waals surface area contributed by atoms with Gasteiger partial charge in [0.1, 0.15) is 5.76 Å². The van der Waals surface area contributed by atoms with Crippen molar-refractivity contribution >= 4 is 21.8 Å². The molecular weight excluding hydrogens is 356 g/mol. The van der Waals surface area contributed by atoms with Crippen LogP contribution in [0.25, 0.3) is 0 Å². The predicted octanol–water partition coefficient (Wildman–Crippen LogP) is 3.68. The number of likely N-dealkylation sites (tertiary alicyclic amines) is 1. The molecule has 23 heavy (non-hydrogen) atoms. The summed E-state index contributed by atoms with van der Waals surface area (Å²) in [6.45, 7) is 3.74. The lowest BCUT2D eigenvalue weighted by Gasteiger charge is -2.31. The topological polar surface area (TPSA) is 45.5 Å². The van der Waals surface area contributed by atoms with E-state index in [1.54, 1.807) is 6.26 Å². The number of hydrogen-bond donors (Lipinski definition) is 1. The molecule has 0 aliphatic carbocycles. The van der Waals surface area contributed by atoms with Crippen molar-refractivity contribution in [3.63, 3.8) is 0 Å². The molecule has 3 rings (SSSR count). The summed E-state index contributed by atoms with van der Waals surface area (Å²) in [7, 11) is 0. The zero-order chi connectivity index (χ0) is 16.1. The summed E-state index contributed by atoms with van der Waals surface area (Å²) < 4.78 is 6.33. The lowest BCUT2D eigenvalue weighted by atomic mass is 9.96. The van der Waals surface area contributed by atoms with E-state index in [1.165, 1.54) is 0 Å². The zero-order valence-corrected chi connectivity index (χ0v) is 14.6. The van der Waals surface area contributed by atoms with Crippen LogP contribution in [0.4, 0.5) is 0 Å². The lowest BCUT2D eigenvalue weighted by Crippen LogP contribution is -2.38. The Morgan fingerprint density at radius 2 is 2.09 bits per heavy atom. The summed E-state index contributed by atoms with van der Waals surface area (Å²) in [5.41, 5.74) is 0.703. The van der Waals surface area contributed by atoms with Gasteiger partial charge in [-0.25, -0.2) is 0 Å². The molecule has 0 radical (unpaired) electrons. The smallest absolute Gasteiger partial charge is 0.251 e. The van der Waals surface area contributed by atoms with E-state index < -0.39 is 0 Å². The van der Waals surface area contributed by atoms with Crippen LogP contribution in [0.1, 0.15) is 29.0 Å². The van der Waals surface area contributed by atoms with Gasteiger partial charge in [-0.2, -0.15) is 0 Å². The highest BCUT2D eigenvalue weighted by Gasteiger charge is 2.20. The fourth-order valence-corrected chi connectivity index (χ4v) is 3.34. The second kappa shape index (κ2) is 7.79. The number of carbonyl (C=O) groups excluding carboxylic acids is 1. The Bertz CT molecular complexity index is 634. The van der Waals surface area contributed by atoms with Crippen molar-refractivity contribution in [3.8, 4) is 0 Å². The molecule has 1 aromatic carbocycles. The van der Waals surface area contributed by atoms with Crippen LogP contribution in [-0.4, -0.2) is 30.4 Å². The molecule has 1 aromatic heterocycles. The number of carbonyl (C=O) groups is 1. The van der Waals surface area contributed by atoms with Gasteiger partial charge in [0.15, 0.2) is 0 Å². The molecule has 1 fully saturated rings. The molecule has 4 nitrogen and oxygen atoms in total. The SMILES string of the molecule is O=C(NCC1CCN(Cc2ccco2)CC1)c1cccc(Br)c1. The number of furan rings is 1. The number of benzene rings is 1. The molecule has 1 amide bonds. The third-order valence-electron chi connectivity index (χ3n) is 4.30. The Labute approximate surface area is 145 Å². The van der Waals surface area contributed by atoms with E-state index in [0.29, 0.717) is 11.5 Å². The first kappa shape index (κ1) is 16.3. The number of nitrogens with zero attached hydrogens (tertiary/aromatic N) is 1. The minimum atomic E-state index is 0.00400. The number of piperidine rings is 1. The maximum atomic E-state index is 12.2. The highest BCUT2D eigenvalue weighted by Crippen LogP contribution is 2.19. The summed E-state index contributed by atoms with van der Waals surface area (Å²) in [4.78, 5) is 14.6. The standard InChI is InChI=1S/C18H21BrN2O2/c19-16-4-1-3-15(11-16)18(22)20-12-14-6-8-21(9-7-14)13-17-5-2-10-23-17/h1-5,10-11,14H,6-9,12-13H2,(H,20,22). The first-order valence-electron chi connectivity index (χ1n) is 7.99. The number of halogens is 1. The average Bonchev–Trinajstić information content (AvgIpc) is 3.07. The fraction of sp³-hybridized carbons (Fsp3) is 0.389. The second-order valence-corrected chi connectivity index (χ2v) is 6.93. The minimum absolute atomic E-state index is 0.00400. The molecule has 122 valence electrons. The van der Waals surface area contributed by atoms with Crippen molar-refractivity contribution in [2.45, 2.75) is 19.4 Å². The van der Waals surface area contributed by atoms with Crippen LogP contribution in [0.5, 0.6) is 0 Å². The highest BCUT2D eigenvalue weighted by molar-refractivity contribution is 9.10. The van der Waals surface area contributed by atoms with Gasteiger partial charge in [-0.3, -0.25) is 9.69 Å². The van der Waals surface area contributed by atoms with E-state index >= 15 is 0 Å². The van der Waals surface area contributed by atoms with Gasteiger partial charge in [-0.15, -0.1) is 0 Å². The van der Waals surface area contributed by atoms with E-state index in [4.69, 9.17) is 4.42 Å². The Balaban J connectivity index is 1.41. The van der Waals surface area contributed by atoms with Crippen LogP contribution >= 0.6 is 15.9 Å². The molecule has 0 saturated carbocycles. The van der Waals surface area contributed by atoms with E-state index in [1.807, 2.05) is 36.4 Å². The molecule has 0 unspecified atom stereocenters. The van der Waals surface area contributed by atoms with Gasteiger partial charge >= 0.3 is 0 Å². The fourth-order valence-electron chi connectivity index (χ4n) is 2.94. The van der Waals surface area contributed by atoms with E-state index in [-0.39, 0.29) is 5.91 Å². The molecular formula is C18H21BrN2O2. The Hall–Kier alpha value is -1.59. The molecule has 1 N–H and O–H groups in total. The van der Waals surface area contributed by atoms with E-state index in [0.717, 1.165) is 49.3 Å². The van der Waals surface area contributed by atoms with Gasteiger partial charge in [0, 0.05) is 16.6 Å². The van der Waals surface area contributed by atoms with E-state index in [2.05, 4.69) is 26.1 Å². The van der Waals surface area contributed by atoms with Crippen molar-refractivity contribution < 1.29 is 9.21 Å². The largest absolute Gasteiger partial charge is 0.468 e. The Kier molecular flexibility index (Phi) is 5.51. The van der Waals surface area contributed by atoms with Crippen molar-refractivity contribution in [1.82, 2.24) is 10.2 Å². The summed E-state index contributed by atoms with van der Waals surface area (Å²) in [6, 6.07) is 11.4. The number of rotatable bonds is 5. The summed E-state index contributed by atoms with van der Waals surface area (Å²) in [5, 5.41) is 3.06. The van der Waals surface area contributed by atoms with E-state index in [9.17, 15) is 4.79 Å². The number of hydrogen-bond acceptors (Lipinski definition) is 3. The lowest BCUT2D eigenvalue weighted by molar-refractivity contribution is 0.0934. The molecule has 0 spiro atoms. The van der Waals surface area contributed by atoms with Crippen molar-refractivity contribution in [1.29, 1.82) is 0 Å². The minimum Gasteiger partial charge on any atom is -0.468 e. The first-order valence-corrected chi connectivity index (χ1v) is 8.78. The van der Waals surface area contributed by atoms with Gasteiger partial charge in [-0.1, -0.05) is 22.0 Å². The molecule has 2 heterocycles. The molecule has 5 heteroatoms. The normalized spacial score (nSPS) is 16.4. The van der Waals surface area contributed by atoms with Crippen molar-refractivity contribution in [2.75, 3.05) is 19.6 Å². The monoisotopic (exact) mass is 376 g/mol. The van der Waals surface area contributed by atoms with Gasteiger partial charge in [0.2, 0.25) is 0 Å².